The number of carboxylic acid groups (broad SMARTS) is 2. The summed E-state index contributed by atoms with van der Waals surface area (Å²) < 4.78 is 5.51. The number of benzene rings is 2. The highest BCUT2D eigenvalue weighted by atomic mass is 16.6. The van der Waals surface area contributed by atoms with Crippen molar-refractivity contribution in [1.29, 1.82) is 0 Å². The molecule has 0 saturated heterocycles. The van der Waals surface area contributed by atoms with Gasteiger partial charge in [0.1, 0.15) is 11.1 Å². The van der Waals surface area contributed by atoms with Crippen LogP contribution in [0.25, 0.3) is 0 Å². The standard InChI is InChI=1S/C22H25NO6/c1-13-15(18(24)25)10-11-16(17(13)19(26)27)22(23,20(28)29-21(2,3)4)12-14-8-6-5-7-9-14/h5-11H,12,23H2,1-4H3,(H,24,25)(H,26,27). The number of rotatable bonds is 6. The Balaban J connectivity index is 2.74. The summed E-state index contributed by atoms with van der Waals surface area (Å²) in [5, 5.41) is 19.1. The molecule has 0 aliphatic heterocycles. The molecule has 29 heavy (non-hydrogen) atoms. The summed E-state index contributed by atoms with van der Waals surface area (Å²) in [6, 6.07) is 11.5. The third-order valence-corrected chi connectivity index (χ3v) is 4.48. The summed E-state index contributed by atoms with van der Waals surface area (Å²) in [4.78, 5) is 36.6. The van der Waals surface area contributed by atoms with E-state index in [0.29, 0.717) is 5.56 Å². The number of carbonyl (C=O) groups excluding carboxylic acids is 1. The largest absolute Gasteiger partial charge is 0.478 e. The van der Waals surface area contributed by atoms with Crippen molar-refractivity contribution in [2.45, 2.75) is 45.3 Å². The molecule has 0 aliphatic rings. The summed E-state index contributed by atoms with van der Waals surface area (Å²) in [5.41, 5.74) is 4.12. The number of hydrogen-bond donors (Lipinski definition) is 3. The van der Waals surface area contributed by atoms with Crippen molar-refractivity contribution < 1.29 is 29.3 Å². The molecule has 2 rings (SSSR count). The van der Waals surface area contributed by atoms with Crippen molar-refractivity contribution in [2.24, 2.45) is 5.73 Å². The van der Waals surface area contributed by atoms with E-state index in [9.17, 15) is 24.6 Å². The second kappa shape index (κ2) is 8.05. The Kier molecular flexibility index (Phi) is 6.13. The van der Waals surface area contributed by atoms with Crippen molar-refractivity contribution in [3.8, 4) is 0 Å². The molecule has 0 aliphatic carbocycles. The zero-order valence-electron chi connectivity index (χ0n) is 16.9. The average Bonchev–Trinajstić information content (AvgIpc) is 2.60. The molecular weight excluding hydrogens is 374 g/mol. The fourth-order valence-corrected chi connectivity index (χ4v) is 3.16. The van der Waals surface area contributed by atoms with Crippen LogP contribution in [0, 0.1) is 6.92 Å². The third-order valence-electron chi connectivity index (χ3n) is 4.48. The molecule has 2 aromatic rings. The Morgan fingerprint density at radius 2 is 1.55 bits per heavy atom. The molecule has 0 fully saturated rings. The van der Waals surface area contributed by atoms with E-state index in [2.05, 4.69) is 0 Å². The lowest BCUT2D eigenvalue weighted by atomic mass is 9.79. The highest BCUT2D eigenvalue weighted by Crippen LogP contribution is 2.32. The summed E-state index contributed by atoms with van der Waals surface area (Å²) >= 11 is 0. The molecule has 154 valence electrons. The molecule has 1 unspecified atom stereocenters. The van der Waals surface area contributed by atoms with Crippen molar-refractivity contribution in [3.05, 3.63) is 70.3 Å². The van der Waals surface area contributed by atoms with Crippen LogP contribution in [0.2, 0.25) is 0 Å². The Hall–Kier alpha value is -3.19. The minimum atomic E-state index is -1.83. The van der Waals surface area contributed by atoms with Gasteiger partial charge in [-0.2, -0.15) is 0 Å². The Morgan fingerprint density at radius 3 is 2.03 bits per heavy atom. The van der Waals surface area contributed by atoms with Gasteiger partial charge in [-0.25, -0.2) is 14.4 Å². The fourth-order valence-electron chi connectivity index (χ4n) is 3.16. The van der Waals surface area contributed by atoms with Gasteiger partial charge in [0.2, 0.25) is 0 Å². The number of nitrogens with two attached hydrogens (primary N) is 1. The average molecular weight is 399 g/mol. The van der Waals surface area contributed by atoms with Gasteiger partial charge < -0.3 is 20.7 Å². The Bertz CT molecular complexity index is 946. The van der Waals surface area contributed by atoms with Gasteiger partial charge >= 0.3 is 17.9 Å². The molecule has 2 aromatic carbocycles. The molecule has 1 atom stereocenters. The molecule has 7 heteroatoms. The van der Waals surface area contributed by atoms with Crippen molar-refractivity contribution in [2.75, 3.05) is 0 Å². The van der Waals surface area contributed by atoms with E-state index >= 15 is 0 Å². The minimum Gasteiger partial charge on any atom is -0.478 e. The summed E-state index contributed by atoms with van der Waals surface area (Å²) in [6.07, 6.45) is -0.0190. The van der Waals surface area contributed by atoms with E-state index in [4.69, 9.17) is 10.5 Å². The van der Waals surface area contributed by atoms with Crippen LogP contribution in [0.4, 0.5) is 0 Å². The second-order valence-corrected chi connectivity index (χ2v) is 7.91. The molecule has 0 radical (unpaired) electrons. The highest BCUT2D eigenvalue weighted by Gasteiger charge is 2.43. The maximum absolute atomic E-state index is 13.1. The van der Waals surface area contributed by atoms with Crippen LogP contribution in [0.15, 0.2) is 42.5 Å². The van der Waals surface area contributed by atoms with Gasteiger partial charge in [-0.15, -0.1) is 0 Å². The number of esters is 1. The maximum Gasteiger partial charge on any atom is 0.336 e. The number of ether oxygens (including phenoxy) is 1. The fraction of sp³-hybridized carbons (Fsp3) is 0.318. The molecule has 0 amide bonds. The maximum atomic E-state index is 13.1. The number of carboxylic acids is 2. The van der Waals surface area contributed by atoms with Crippen LogP contribution in [0.1, 0.15) is 58.2 Å². The van der Waals surface area contributed by atoms with Crippen LogP contribution in [-0.4, -0.2) is 33.7 Å². The predicted molar refractivity (Wildman–Crippen MR) is 107 cm³/mol. The smallest absolute Gasteiger partial charge is 0.336 e. The van der Waals surface area contributed by atoms with E-state index in [1.54, 1.807) is 45.0 Å². The molecular formula is C22H25NO6. The van der Waals surface area contributed by atoms with Crippen LogP contribution in [0.3, 0.4) is 0 Å². The Labute approximate surface area is 169 Å². The lowest BCUT2D eigenvalue weighted by Crippen LogP contribution is -2.51. The van der Waals surface area contributed by atoms with E-state index < -0.39 is 29.0 Å². The summed E-state index contributed by atoms with van der Waals surface area (Å²) in [6.45, 7) is 6.44. The quantitative estimate of drug-likeness (QED) is 0.637. The molecule has 0 bridgehead atoms. The molecule has 0 saturated carbocycles. The first-order valence-corrected chi connectivity index (χ1v) is 9.03. The van der Waals surface area contributed by atoms with Crippen molar-refractivity contribution in [1.82, 2.24) is 0 Å². The van der Waals surface area contributed by atoms with Gasteiger partial charge in [0, 0.05) is 6.42 Å². The normalized spacial score (nSPS) is 13.4. The van der Waals surface area contributed by atoms with Gasteiger partial charge in [-0.05, 0) is 50.5 Å². The van der Waals surface area contributed by atoms with Crippen molar-refractivity contribution in [3.63, 3.8) is 0 Å². The number of aromatic carboxylic acids is 2. The molecule has 7 nitrogen and oxygen atoms in total. The van der Waals surface area contributed by atoms with E-state index in [1.165, 1.54) is 19.1 Å². The lowest BCUT2D eigenvalue weighted by Gasteiger charge is -2.33. The van der Waals surface area contributed by atoms with E-state index in [0.717, 1.165) is 0 Å². The second-order valence-electron chi connectivity index (χ2n) is 7.91. The Morgan fingerprint density at radius 1 is 0.966 bits per heavy atom. The molecule has 0 aromatic heterocycles. The minimum absolute atomic E-state index is 0.00519. The summed E-state index contributed by atoms with van der Waals surface area (Å²) in [7, 11) is 0. The first kappa shape index (κ1) is 22.1. The zero-order chi connectivity index (χ0) is 22.0. The molecule has 4 N–H and O–H groups in total. The number of carbonyl (C=O) groups is 3. The topological polar surface area (TPSA) is 127 Å². The highest BCUT2D eigenvalue weighted by molar-refractivity contribution is 5.99. The van der Waals surface area contributed by atoms with Crippen molar-refractivity contribution >= 4 is 17.9 Å². The van der Waals surface area contributed by atoms with E-state index in [-0.39, 0.29) is 28.7 Å². The zero-order valence-corrected chi connectivity index (χ0v) is 16.9. The summed E-state index contributed by atoms with van der Waals surface area (Å²) in [5.74, 6) is -3.43. The van der Waals surface area contributed by atoms with Gasteiger partial charge in [-0.1, -0.05) is 36.4 Å². The molecule has 0 heterocycles. The monoisotopic (exact) mass is 399 g/mol. The van der Waals surface area contributed by atoms with Crippen LogP contribution < -0.4 is 5.73 Å². The van der Waals surface area contributed by atoms with Gasteiger partial charge in [0.15, 0.2) is 0 Å². The predicted octanol–water partition coefficient (Wildman–Crippen LogP) is 3.13. The lowest BCUT2D eigenvalue weighted by molar-refractivity contribution is -0.162. The van der Waals surface area contributed by atoms with Crippen LogP contribution in [0.5, 0.6) is 0 Å². The van der Waals surface area contributed by atoms with Gasteiger partial charge in [0.05, 0.1) is 11.1 Å². The first-order valence-electron chi connectivity index (χ1n) is 9.03. The van der Waals surface area contributed by atoms with Crippen LogP contribution in [-0.2, 0) is 21.5 Å². The first-order chi connectivity index (χ1) is 13.4. The van der Waals surface area contributed by atoms with Gasteiger partial charge in [-0.3, -0.25) is 0 Å². The molecule has 0 spiro atoms. The van der Waals surface area contributed by atoms with Crippen LogP contribution >= 0.6 is 0 Å². The number of hydrogen-bond acceptors (Lipinski definition) is 5. The van der Waals surface area contributed by atoms with Gasteiger partial charge in [0.25, 0.3) is 0 Å². The SMILES string of the molecule is Cc1c(C(=O)O)ccc(C(N)(Cc2ccccc2)C(=O)OC(C)(C)C)c1C(=O)O. The van der Waals surface area contributed by atoms with E-state index in [1.807, 2.05) is 6.07 Å². The third kappa shape index (κ3) is 4.81.